The highest BCUT2D eigenvalue weighted by molar-refractivity contribution is 7.99. The van der Waals surface area contributed by atoms with Crippen LogP contribution in [0.2, 0.25) is 0 Å². The van der Waals surface area contributed by atoms with Gasteiger partial charge in [-0.1, -0.05) is 18.2 Å². The molecule has 1 aromatic heterocycles. The Hall–Kier alpha value is -3.46. The number of nitrogen functional groups attached to an aromatic ring is 1. The summed E-state index contributed by atoms with van der Waals surface area (Å²) in [5.41, 5.74) is 9.01. The van der Waals surface area contributed by atoms with Crippen molar-refractivity contribution >= 4 is 46.7 Å². The van der Waals surface area contributed by atoms with Crippen LogP contribution >= 0.6 is 11.8 Å². The van der Waals surface area contributed by atoms with Gasteiger partial charge in [-0.05, 0) is 56.7 Å². The summed E-state index contributed by atoms with van der Waals surface area (Å²) in [5, 5.41) is 5.65. The zero-order valence-corrected chi connectivity index (χ0v) is 18.4. The Morgan fingerprint density at radius 1 is 1.06 bits per heavy atom. The van der Waals surface area contributed by atoms with Gasteiger partial charge < -0.3 is 16.4 Å². The summed E-state index contributed by atoms with van der Waals surface area (Å²) < 4.78 is 0. The van der Waals surface area contributed by atoms with Crippen LogP contribution in [0.25, 0.3) is 0 Å². The number of nitrogens with two attached hydrogens (primary N) is 1. The Morgan fingerprint density at radius 2 is 1.77 bits per heavy atom. The van der Waals surface area contributed by atoms with Crippen LogP contribution in [-0.4, -0.2) is 31.9 Å². The third kappa shape index (κ3) is 6.26. The van der Waals surface area contributed by atoms with Gasteiger partial charge in [0.05, 0.1) is 11.0 Å². The highest BCUT2D eigenvalue weighted by atomic mass is 32.2. The highest BCUT2D eigenvalue weighted by Crippen LogP contribution is 2.21. The van der Waals surface area contributed by atoms with E-state index in [1.165, 1.54) is 18.7 Å². The van der Waals surface area contributed by atoms with Gasteiger partial charge in [0.2, 0.25) is 17.8 Å². The van der Waals surface area contributed by atoms with E-state index in [-0.39, 0.29) is 22.9 Å². The molecule has 0 aliphatic rings. The fourth-order valence-electron chi connectivity index (χ4n) is 2.70. The number of hydrogen-bond donors (Lipinski definition) is 3. The van der Waals surface area contributed by atoms with Gasteiger partial charge in [0.1, 0.15) is 5.82 Å². The van der Waals surface area contributed by atoms with Crippen molar-refractivity contribution in [1.82, 2.24) is 15.0 Å². The number of carbonyl (C=O) groups excluding carboxylic acids is 2. The first-order chi connectivity index (χ1) is 14.8. The molecule has 0 saturated heterocycles. The first kappa shape index (κ1) is 22.2. The van der Waals surface area contributed by atoms with Crippen molar-refractivity contribution in [1.29, 1.82) is 0 Å². The molecule has 0 bridgehead atoms. The fourth-order valence-corrected chi connectivity index (χ4v) is 3.44. The molecule has 3 rings (SSSR count). The number of aromatic nitrogens is 3. The molecular formula is C22H24N6O2S. The van der Waals surface area contributed by atoms with Gasteiger partial charge >= 0.3 is 0 Å². The van der Waals surface area contributed by atoms with Gasteiger partial charge in [-0.15, -0.1) is 11.8 Å². The zero-order valence-electron chi connectivity index (χ0n) is 17.5. The van der Waals surface area contributed by atoms with Crippen LogP contribution in [0, 0.1) is 6.92 Å². The number of aryl methyl sites for hydroxylation is 1. The van der Waals surface area contributed by atoms with E-state index in [0.717, 1.165) is 11.3 Å². The highest BCUT2D eigenvalue weighted by Gasteiger charge is 2.16. The van der Waals surface area contributed by atoms with Gasteiger partial charge in [0.15, 0.2) is 5.78 Å². The minimum atomic E-state index is -0.349. The molecule has 9 heteroatoms. The molecule has 1 atom stereocenters. The summed E-state index contributed by atoms with van der Waals surface area (Å²) in [4.78, 5) is 36.6. The lowest BCUT2D eigenvalue weighted by atomic mass is 10.1. The largest absolute Gasteiger partial charge is 0.368 e. The lowest BCUT2D eigenvalue weighted by molar-refractivity contribution is -0.115. The van der Waals surface area contributed by atoms with Gasteiger partial charge in [0.25, 0.3) is 0 Å². The molecule has 1 heterocycles. The molecule has 8 nitrogen and oxygen atoms in total. The maximum absolute atomic E-state index is 12.5. The molecule has 0 spiro atoms. The normalized spacial score (nSPS) is 11.6. The maximum Gasteiger partial charge on any atom is 0.237 e. The van der Waals surface area contributed by atoms with Crippen LogP contribution in [0.3, 0.4) is 0 Å². The summed E-state index contributed by atoms with van der Waals surface area (Å²) in [6.45, 7) is 5.29. The molecule has 2 aromatic carbocycles. The summed E-state index contributed by atoms with van der Waals surface area (Å²) in [7, 11) is 0. The number of benzene rings is 2. The number of anilines is 4. The predicted molar refractivity (Wildman–Crippen MR) is 125 cm³/mol. The second-order valence-corrected chi connectivity index (χ2v) is 8.28. The van der Waals surface area contributed by atoms with Crippen molar-refractivity contribution in [2.24, 2.45) is 0 Å². The minimum absolute atomic E-state index is 0.0188. The average molecular weight is 437 g/mol. The Morgan fingerprint density at radius 3 is 2.45 bits per heavy atom. The number of nitrogens with one attached hydrogen (secondary N) is 2. The Kier molecular flexibility index (Phi) is 7.19. The summed E-state index contributed by atoms with van der Waals surface area (Å²) in [6, 6.07) is 14.6. The van der Waals surface area contributed by atoms with Crippen LogP contribution in [0.4, 0.5) is 23.3 Å². The lowest BCUT2D eigenvalue weighted by Gasteiger charge is -2.13. The number of carbonyl (C=O) groups is 2. The molecule has 1 amide bonds. The number of hydrogen-bond acceptors (Lipinski definition) is 8. The molecule has 0 aliphatic heterocycles. The second-order valence-electron chi connectivity index (χ2n) is 6.95. The smallest absolute Gasteiger partial charge is 0.237 e. The quantitative estimate of drug-likeness (QED) is 0.453. The van der Waals surface area contributed by atoms with E-state index in [1.807, 2.05) is 31.2 Å². The molecule has 160 valence electrons. The van der Waals surface area contributed by atoms with E-state index in [0.29, 0.717) is 28.8 Å². The standard InChI is InChI=1S/C22H24N6O2S/c1-13-6-4-5-7-18(13)25-22-27-19(26-21(23)28-22)12-31-15(3)20(30)24-17-10-8-16(9-11-17)14(2)29/h4-11,15H,12H2,1-3H3,(H,24,30)(H3,23,25,26,27,28). The number of thioether (sulfide) groups is 1. The topological polar surface area (TPSA) is 123 Å². The summed E-state index contributed by atoms with van der Waals surface area (Å²) in [6.07, 6.45) is 0. The summed E-state index contributed by atoms with van der Waals surface area (Å²) in [5.74, 6) is 1.19. The van der Waals surface area contributed by atoms with Gasteiger partial charge in [-0.25, -0.2) is 0 Å². The van der Waals surface area contributed by atoms with Crippen LogP contribution in [-0.2, 0) is 10.5 Å². The number of amides is 1. The Balaban J connectivity index is 1.59. The molecule has 1 unspecified atom stereocenters. The molecule has 0 aliphatic carbocycles. The first-order valence-electron chi connectivity index (χ1n) is 9.68. The Bertz CT molecular complexity index is 1090. The van der Waals surface area contributed by atoms with Crippen LogP contribution in [0.5, 0.6) is 0 Å². The molecule has 0 fully saturated rings. The van der Waals surface area contributed by atoms with E-state index in [4.69, 9.17) is 5.73 Å². The number of nitrogens with zero attached hydrogens (tertiary/aromatic N) is 3. The van der Waals surface area contributed by atoms with Crippen molar-refractivity contribution in [3.8, 4) is 0 Å². The third-order valence-corrected chi connectivity index (χ3v) is 5.62. The maximum atomic E-state index is 12.5. The minimum Gasteiger partial charge on any atom is -0.368 e. The van der Waals surface area contributed by atoms with Gasteiger partial charge in [0, 0.05) is 16.9 Å². The average Bonchev–Trinajstić information content (AvgIpc) is 2.73. The number of rotatable bonds is 8. The zero-order chi connectivity index (χ0) is 22.4. The van der Waals surface area contributed by atoms with Crippen molar-refractivity contribution < 1.29 is 9.59 Å². The number of ketones is 1. The molecule has 4 N–H and O–H groups in total. The molecule has 3 aromatic rings. The fraction of sp³-hybridized carbons (Fsp3) is 0.227. The lowest BCUT2D eigenvalue weighted by Crippen LogP contribution is -2.22. The van der Waals surface area contributed by atoms with E-state index >= 15 is 0 Å². The van der Waals surface area contributed by atoms with Crippen molar-refractivity contribution in [2.75, 3.05) is 16.4 Å². The van der Waals surface area contributed by atoms with Crippen molar-refractivity contribution in [3.05, 3.63) is 65.5 Å². The number of para-hydroxylation sites is 1. The first-order valence-corrected chi connectivity index (χ1v) is 10.7. The van der Waals surface area contributed by atoms with Crippen LogP contribution < -0.4 is 16.4 Å². The van der Waals surface area contributed by atoms with Gasteiger partial charge in [-0.3, -0.25) is 9.59 Å². The SMILES string of the molecule is CC(=O)c1ccc(NC(=O)C(C)SCc2nc(N)nc(Nc3ccccc3C)n2)cc1. The predicted octanol–water partition coefficient (Wildman–Crippen LogP) is 3.97. The number of Topliss-reactive ketones (excluding diaryl/α,β-unsaturated/α-hetero) is 1. The van der Waals surface area contributed by atoms with Crippen LogP contribution in [0.15, 0.2) is 48.5 Å². The molecule has 0 saturated carbocycles. The third-order valence-electron chi connectivity index (χ3n) is 4.48. The van der Waals surface area contributed by atoms with E-state index in [2.05, 4.69) is 25.6 Å². The van der Waals surface area contributed by atoms with Crippen molar-refractivity contribution in [3.63, 3.8) is 0 Å². The van der Waals surface area contributed by atoms with E-state index < -0.39 is 0 Å². The van der Waals surface area contributed by atoms with Gasteiger partial charge in [-0.2, -0.15) is 15.0 Å². The molecule has 0 radical (unpaired) electrons. The van der Waals surface area contributed by atoms with Crippen molar-refractivity contribution in [2.45, 2.75) is 31.8 Å². The second kappa shape index (κ2) is 10.0. The van der Waals surface area contributed by atoms with E-state index in [1.54, 1.807) is 31.2 Å². The van der Waals surface area contributed by atoms with Crippen LogP contribution in [0.1, 0.15) is 35.6 Å². The summed E-state index contributed by atoms with van der Waals surface area (Å²) >= 11 is 1.39. The Labute approximate surface area is 185 Å². The monoisotopic (exact) mass is 436 g/mol. The van der Waals surface area contributed by atoms with E-state index in [9.17, 15) is 9.59 Å². The molecular weight excluding hydrogens is 412 g/mol. The molecule has 31 heavy (non-hydrogen) atoms.